The molecule has 0 spiro atoms. The van der Waals surface area contributed by atoms with Gasteiger partial charge in [-0.3, -0.25) is 0 Å². The molecule has 3 rings (SSSR count). The standard InChI is InChI=1S/C10H10N2S/c1-2-7-4-9(8-5-11-6-8)13-10(7)12-3-1/h1-4,8,11H,5-6H2. The first-order chi connectivity index (χ1) is 6.43. The summed E-state index contributed by atoms with van der Waals surface area (Å²) >= 11 is 1.83. The van der Waals surface area contributed by atoms with Crippen molar-refractivity contribution >= 4 is 21.6 Å². The van der Waals surface area contributed by atoms with Crippen LogP contribution in [0.15, 0.2) is 24.4 Å². The largest absolute Gasteiger partial charge is 0.315 e. The van der Waals surface area contributed by atoms with Crippen LogP contribution in [0, 0.1) is 0 Å². The molecule has 0 aromatic carbocycles. The number of hydrogen-bond donors (Lipinski definition) is 1. The number of pyridine rings is 1. The van der Waals surface area contributed by atoms with E-state index in [-0.39, 0.29) is 0 Å². The number of nitrogens with one attached hydrogen (secondary N) is 1. The Morgan fingerprint density at radius 2 is 2.38 bits per heavy atom. The molecule has 1 N–H and O–H groups in total. The van der Waals surface area contributed by atoms with Crippen LogP contribution in [-0.4, -0.2) is 18.1 Å². The minimum Gasteiger partial charge on any atom is -0.315 e. The Morgan fingerprint density at radius 1 is 1.46 bits per heavy atom. The average Bonchev–Trinajstić information content (AvgIpc) is 2.43. The summed E-state index contributed by atoms with van der Waals surface area (Å²) in [7, 11) is 0. The van der Waals surface area contributed by atoms with Gasteiger partial charge in [-0.15, -0.1) is 11.3 Å². The average molecular weight is 190 g/mol. The molecule has 2 nitrogen and oxygen atoms in total. The van der Waals surface area contributed by atoms with Crippen molar-refractivity contribution in [2.24, 2.45) is 0 Å². The molecule has 0 aliphatic carbocycles. The van der Waals surface area contributed by atoms with Gasteiger partial charge < -0.3 is 5.32 Å². The molecule has 3 heterocycles. The van der Waals surface area contributed by atoms with Crippen molar-refractivity contribution in [1.29, 1.82) is 0 Å². The van der Waals surface area contributed by atoms with Crippen LogP contribution in [0.25, 0.3) is 10.2 Å². The molecule has 0 amide bonds. The molecule has 3 heteroatoms. The maximum atomic E-state index is 4.34. The van der Waals surface area contributed by atoms with Crippen LogP contribution in [-0.2, 0) is 0 Å². The van der Waals surface area contributed by atoms with E-state index in [1.54, 1.807) is 0 Å². The number of fused-ring (bicyclic) bond motifs is 1. The quantitative estimate of drug-likeness (QED) is 0.743. The minimum atomic E-state index is 0.735. The normalized spacial score (nSPS) is 17.5. The number of nitrogens with zero attached hydrogens (tertiary/aromatic N) is 1. The van der Waals surface area contributed by atoms with E-state index in [0.29, 0.717) is 0 Å². The second-order valence-corrected chi connectivity index (χ2v) is 4.46. The smallest absolute Gasteiger partial charge is 0.123 e. The molecule has 2 aromatic heterocycles. The fraction of sp³-hybridized carbons (Fsp3) is 0.300. The summed E-state index contributed by atoms with van der Waals surface area (Å²) in [6, 6.07) is 6.41. The van der Waals surface area contributed by atoms with Crippen molar-refractivity contribution in [2.45, 2.75) is 5.92 Å². The van der Waals surface area contributed by atoms with Gasteiger partial charge in [-0.25, -0.2) is 4.98 Å². The first-order valence-corrected chi connectivity index (χ1v) is 5.30. The Labute approximate surface area is 80.6 Å². The van der Waals surface area contributed by atoms with Gasteiger partial charge in [0.15, 0.2) is 0 Å². The van der Waals surface area contributed by atoms with Gasteiger partial charge in [0.25, 0.3) is 0 Å². The highest BCUT2D eigenvalue weighted by atomic mass is 32.1. The van der Waals surface area contributed by atoms with Gasteiger partial charge >= 0.3 is 0 Å². The topological polar surface area (TPSA) is 24.9 Å². The van der Waals surface area contributed by atoms with Crippen LogP contribution in [0.1, 0.15) is 10.8 Å². The zero-order valence-electron chi connectivity index (χ0n) is 7.16. The van der Waals surface area contributed by atoms with Gasteiger partial charge in [-0.2, -0.15) is 0 Å². The summed E-state index contributed by atoms with van der Waals surface area (Å²) in [5.74, 6) is 0.735. The van der Waals surface area contributed by atoms with Gasteiger partial charge in [-0.1, -0.05) is 6.07 Å². The lowest BCUT2D eigenvalue weighted by molar-refractivity contribution is 0.454. The van der Waals surface area contributed by atoms with Crippen LogP contribution in [0.2, 0.25) is 0 Å². The van der Waals surface area contributed by atoms with Gasteiger partial charge in [0.1, 0.15) is 4.83 Å². The molecule has 1 fully saturated rings. The first-order valence-electron chi connectivity index (χ1n) is 4.49. The monoisotopic (exact) mass is 190 g/mol. The zero-order valence-corrected chi connectivity index (χ0v) is 7.97. The summed E-state index contributed by atoms with van der Waals surface area (Å²) in [5.41, 5.74) is 0. The Morgan fingerprint density at radius 3 is 3.08 bits per heavy atom. The second kappa shape index (κ2) is 2.79. The number of rotatable bonds is 1. The summed E-state index contributed by atoms with van der Waals surface area (Å²) < 4.78 is 0. The van der Waals surface area contributed by atoms with E-state index in [2.05, 4.69) is 22.4 Å². The van der Waals surface area contributed by atoms with Gasteiger partial charge in [-0.05, 0) is 12.1 Å². The van der Waals surface area contributed by atoms with E-state index in [1.165, 1.54) is 15.1 Å². The predicted octanol–water partition coefficient (Wildman–Crippen LogP) is 1.98. The van der Waals surface area contributed by atoms with E-state index in [4.69, 9.17) is 0 Å². The van der Waals surface area contributed by atoms with E-state index >= 15 is 0 Å². The maximum Gasteiger partial charge on any atom is 0.123 e. The van der Waals surface area contributed by atoms with Crippen LogP contribution in [0.4, 0.5) is 0 Å². The lowest BCUT2D eigenvalue weighted by Crippen LogP contribution is -2.39. The Hall–Kier alpha value is -0.930. The molecule has 1 saturated heterocycles. The van der Waals surface area contributed by atoms with E-state index in [9.17, 15) is 0 Å². The Balaban J connectivity index is 2.10. The van der Waals surface area contributed by atoms with E-state index in [1.807, 2.05) is 23.6 Å². The highest BCUT2D eigenvalue weighted by molar-refractivity contribution is 7.18. The third kappa shape index (κ3) is 1.16. The first kappa shape index (κ1) is 7.47. The van der Waals surface area contributed by atoms with Crippen molar-refractivity contribution in [3.05, 3.63) is 29.3 Å². The molecular formula is C10H10N2S. The lowest BCUT2D eigenvalue weighted by Gasteiger charge is -2.25. The van der Waals surface area contributed by atoms with Crippen molar-refractivity contribution in [3.8, 4) is 0 Å². The van der Waals surface area contributed by atoms with Crippen molar-refractivity contribution in [3.63, 3.8) is 0 Å². The van der Waals surface area contributed by atoms with Crippen LogP contribution in [0.5, 0.6) is 0 Å². The summed E-state index contributed by atoms with van der Waals surface area (Å²) in [5, 5.41) is 4.58. The summed E-state index contributed by atoms with van der Waals surface area (Å²) in [6.45, 7) is 2.26. The Kier molecular flexibility index (Phi) is 1.60. The van der Waals surface area contributed by atoms with Crippen LogP contribution >= 0.6 is 11.3 Å². The fourth-order valence-corrected chi connectivity index (χ4v) is 2.68. The van der Waals surface area contributed by atoms with E-state index < -0.39 is 0 Å². The zero-order chi connectivity index (χ0) is 8.67. The molecular weight excluding hydrogens is 180 g/mol. The molecule has 0 atom stereocenters. The molecule has 0 saturated carbocycles. The van der Waals surface area contributed by atoms with Gasteiger partial charge in [0.2, 0.25) is 0 Å². The predicted molar refractivity (Wildman–Crippen MR) is 55.2 cm³/mol. The van der Waals surface area contributed by atoms with E-state index in [0.717, 1.165) is 19.0 Å². The number of hydrogen-bond acceptors (Lipinski definition) is 3. The molecule has 13 heavy (non-hydrogen) atoms. The van der Waals surface area contributed by atoms with Crippen molar-refractivity contribution < 1.29 is 0 Å². The SMILES string of the molecule is c1cnc2sc(C3CNC3)cc2c1. The van der Waals surface area contributed by atoms with Gasteiger partial charge in [0.05, 0.1) is 0 Å². The Bertz CT molecular complexity index is 398. The third-order valence-electron chi connectivity index (χ3n) is 2.50. The number of aromatic nitrogens is 1. The van der Waals surface area contributed by atoms with Gasteiger partial charge in [0, 0.05) is 35.5 Å². The molecule has 0 radical (unpaired) electrons. The van der Waals surface area contributed by atoms with Crippen LogP contribution in [0.3, 0.4) is 0 Å². The highest BCUT2D eigenvalue weighted by Crippen LogP contribution is 2.31. The molecule has 0 bridgehead atoms. The molecule has 1 aliphatic rings. The molecule has 1 aliphatic heterocycles. The fourth-order valence-electron chi connectivity index (χ4n) is 1.58. The molecule has 66 valence electrons. The van der Waals surface area contributed by atoms with Crippen molar-refractivity contribution in [2.75, 3.05) is 13.1 Å². The van der Waals surface area contributed by atoms with Crippen molar-refractivity contribution in [1.82, 2.24) is 10.3 Å². The maximum absolute atomic E-state index is 4.34. The molecule has 2 aromatic rings. The lowest BCUT2D eigenvalue weighted by atomic mass is 10.0. The number of thiophene rings is 1. The second-order valence-electron chi connectivity index (χ2n) is 3.40. The highest BCUT2D eigenvalue weighted by Gasteiger charge is 2.20. The third-order valence-corrected chi connectivity index (χ3v) is 3.72. The minimum absolute atomic E-state index is 0.735. The molecule has 0 unspecified atom stereocenters. The summed E-state index contributed by atoms with van der Waals surface area (Å²) in [6.07, 6.45) is 1.86. The van der Waals surface area contributed by atoms with Crippen LogP contribution < -0.4 is 5.32 Å². The summed E-state index contributed by atoms with van der Waals surface area (Å²) in [4.78, 5) is 6.99.